The van der Waals surface area contributed by atoms with E-state index >= 15 is 0 Å². The lowest BCUT2D eigenvalue weighted by Gasteiger charge is -2.30. The van der Waals surface area contributed by atoms with E-state index in [4.69, 9.17) is 0 Å². The molecule has 2 heterocycles. The molecule has 0 bridgehead atoms. The molecule has 2 rings (SSSR count). The topological polar surface area (TPSA) is 45.5 Å². The average Bonchev–Trinajstić information content (AvgIpc) is 2.78. The zero-order chi connectivity index (χ0) is 15.4. The van der Waals surface area contributed by atoms with Crippen LogP contribution in [0.15, 0.2) is 18.5 Å². The Kier molecular flexibility index (Phi) is 5.17. The maximum Gasteiger partial charge on any atom is 0.152 e. The first-order valence-corrected chi connectivity index (χ1v) is 7.79. The SMILES string of the molecule is Cc1cc2c(NCCCN(C(C)C)C(C)C)nccn2n1. The van der Waals surface area contributed by atoms with Gasteiger partial charge in [-0.3, -0.25) is 4.90 Å². The molecule has 5 heteroatoms. The van der Waals surface area contributed by atoms with E-state index < -0.39 is 0 Å². The van der Waals surface area contributed by atoms with Crippen molar-refractivity contribution in [2.24, 2.45) is 0 Å². The molecule has 0 atom stereocenters. The Labute approximate surface area is 127 Å². The predicted molar refractivity (Wildman–Crippen MR) is 87.8 cm³/mol. The normalized spacial score (nSPS) is 12.0. The van der Waals surface area contributed by atoms with E-state index in [2.05, 4.69) is 54.1 Å². The van der Waals surface area contributed by atoms with Gasteiger partial charge in [-0.2, -0.15) is 5.10 Å². The number of aryl methyl sites for hydroxylation is 1. The third-order valence-corrected chi connectivity index (χ3v) is 3.72. The zero-order valence-corrected chi connectivity index (χ0v) is 13.8. The highest BCUT2D eigenvalue weighted by atomic mass is 15.2. The number of fused-ring (bicyclic) bond motifs is 1. The lowest BCUT2D eigenvalue weighted by Crippen LogP contribution is -2.38. The minimum Gasteiger partial charge on any atom is -0.368 e. The molecule has 2 aromatic heterocycles. The first-order chi connectivity index (χ1) is 9.99. The van der Waals surface area contributed by atoms with Gasteiger partial charge in [-0.1, -0.05) is 0 Å². The smallest absolute Gasteiger partial charge is 0.152 e. The van der Waals surface area contributed by atoms with Gasteiger partial charge in [0.1, 0.15) is 5.52 Å². The second kappa shape index (κ2) is 6.89. The van der Waals surface area contributed by atoms with Crippen molar-refractivity contribution < 1.29 is 0 Å². The Morgan fingerprint density at radius 3 is 2.62 bits per heavy atom. The number of anilines is 1. The first kappa shape index (κ1) is 15.8. The van der Waals surface area contributed by atoms with Crippen LogP contribution in [0.25, 0.3) is 5.52 Å². The highest BCUT2D eigenvalue weighted by Gasteiger charge is 2.12. The van der Waals surface area contributed by atoms with E-state index in [9.17, 15) is 0 Å². The molecular weight excluding hydrogens is 262 g/mol. The molecule has 0 spiro atoms. The average molecular weight is 289 g/mol. The van der Waals surface area contributed by atoms with Crippen molar-refractivity contribution in [3.63, 3.8) is 0 Å². The van der Waals surface area contributed by atoms with Crippen LogP contribution in [-0.4, -0.2) is 44.7 Å². The number of hydrogen-bond donors (Lipinski definition) is 1. The number of aromatic nitrogens is 3. The van der Waals surface area contributed by atoms with Gasteiger partial charge in [0.2, 0.25) is 0 Å². The van der Waals surface area contributed by atoms with E-state index in [1.165, 1.54) is 0 Å². The summed E-state index contributed by atoms with van der Waals surface area (Å²) in [6, 6.07) is 3.23. The Bertz CT molecular complexity index is 565. The van der Waals surface area contributed by atoms with Gasteiger partial charge < -0.3 is 5.32 Å². The fraction of sp³-hybridized carbons (Fsp3) is 0.625. The van der Waals surface area contributed by atoms with E-state index in [0.717, 1.165) is 36.5 Å². The van der Waals surface area contributed by atoms with Crippen molar-refractivity contribution in [3.8, 4) is 0 Å². The molecule has 0 aromatic carbocycles. The Morgan fingerprint density at radius 2 is 1.95 bits per heavy atom. The third-order valence-electron chi connectivity index (χ3n) is 3.72. The summed E-state index contributed by atoms with van der Waals surface area (Å²) in [4.78, 5) is 6.93. The molecule has 0 fully saturated rings. The van der Waals surface area contributed by atoms with Crippen LogP contribution in [0.1, 0.15) is 39.8 Å². The maximum absolute atomic E-state index is 4.42. The zero-order valence-electron chi connectivity index (χ0n) is 13.8. The maximum atomic E-state index is 4.42. The predicted octanol–water partition coefficient (Wildman–Crippen LogP) is 2.96. The van der Waals surface area contributed by atoms with Crippen molar-refractivity contribution in [3.05, 3.63) is 24.2 Å². The standard InChI is InChI=1S/C16H27N5/c1-12(2)20(13(3)4)9-6-7-17-16-15-11-14(5)19-21(15)10-8-18-16/h8,10-13H,6-7,9H2,1-5H3,(H,17,18). The minimum atomic E-state index is 0.587. The molecule has 2 aromatic rings. The number of rotatable bonds is 7. The van der Waals surface area contributed by atoms with Crippen LogP contribution in [0.5, 0.6) is 0 Å². The summed E-state index contributed by atoms with van der Waals surface area (Å²) >= 11 is 0. The van der Waals surface area contributed by atoms with E-state index in [-0.39, 0.29) is 0 Å². The van der Waals surface area contributed by atoms with Crippen molar-refractivity contribution in [1.29, 1.82) is 0 Å². The summed E-state index contributed by atoms with van der Waals surface area (Å²) in [6.45, 7) is 13.0. The third kappa shape index (κ3) is 3.94. The number of nitrogens with zero attached hydrogens (tertiary/aromatic N) is 4. The molecule has 0 aliphatic rings. The Balaban J connectivity index is 1.90. The molecule has 0 saturated carbocycles. The summed E-state index contributed by atoms with van der Waals surface area (Å²) in [5.74, 6) is 0.916. The van der Waals surface area contributed by atoms with Crippen LogP contribution in [0.3, 0.4) is 0 Å². The largest absolute Gasteiger partial charge is 0.368 e. The number of hydrogen-bond acceptors (Lipinski definition) is 4. The Morgan fingerprint density at radius 1 is 1.24 bits per heavy atom. The monoisotopic (exact) mass is 289 g/mol. The van der Waals surface area contributed by atoms with Crippen LogP contribution in [0.2, 0.25) is 0 Å². The quantitative estimate of drug-likeness (QED) is 0.796. The van der Waals surface area contributed by atoms with E-state index in [1.54, 1.807) is 6.20 Å². The summed E-state index contributed by atoms with van der Waals surface area (Å²) in [7, 11) is 0. The Hall–Kier alpha value is -1.62. The minimum absolute atomic E-state index is 0.587. The molecule has 21 heavy (non-hydrogen) atoms. The molecule has 0 saturated heterocycles. The molecule has 0 amide bonds. The molecule has 0 aliphatic heterocycles. The van der Waals surface area contributed by atoms with Gasteiger partial charge in [0.15, 0.2) is 5.82 Å². The second-order valence-corrected chi connectivity index (χ2v) is 6.10. The van der Waals surface area contributed by atoms with Crippen molar-refractivity contribution in [2.75, 3.05) is 18.4 Å². The van der Waals surface area contributed by atoms with Crippen LogP contribution in [0, 0.1) is 6.92 Å². The van der Waals surface area contributed by atoms with Crippen LogP contribution < -0.4 is 5.32 Å². The van der Waals surface area contributed by atoms with Crippen molar-refractivity contribution in [1.82, 2.24) is 19.5 Å². The van der Waals surface area contributed by atoms with Gasteiger partial charge in [0.05, 0.1) is 5.69 Å². The van der Waals surface area contributed by atoms with Gasteiger partial charge in [-0.25, -0.2) is 9.50 Å². The van der Waals surface area contributed by atoms with E-state index in [1.807, 2.05) is 17.6 Å². The van der Waals surface area contributed by atoms with Crippen LogP contribution in [0.4, 0.5) is 5.82 Å². The second-order valence-electron chi connectivity index (χ2n) is 6.10. The highest BCUT2D eigenvalue weighted by molar-refractivity contribution is 5.67. The molecule has 0 radical (unpaired) electrons. The van der Waals surface area contributed by atoms with Crippen molar-refractivity contribution >= 4 is 11.3 Å². The fourth-order valence-corrected chi connectivity index (χ4v) is 2.76. The first-order valence-electron chi connectivity index (χ1n) is 7.79. The van der Waals surface area contributed by atoms with Gasteiger partial charge in [0, 0.05) is 37.6 Å². The van der Waals surface area contributed by atoms with Gasteiger partial charge >= 0.3 is 0 Å². The van der Waals surface area contributed by atoms with Gasteiger partial charge in [0.25, 0.3) is 0 Å². The molecule has 116 valence electrons. The lowest BCUT2D eigenvalue weighted by molar-refractivity contribution is 0.174. The highest BCUT2D eigenvalue weighted by Crippen LogP contribution is 2.14. The summed E-state index contributed by atoms with van der Waals surface area (Å²) in [5, 5.41) is 7.84. The number of nitrogens with one attached hydrogen (secondary N) is 1. The summed E-state index contributed by atoms with van der Waals surface area (Å²) < 4.78 is 1.87. The summed E-state index contributed by atoms with van der Waals surface area (Å²) in [6.07, 6.45) is 4.77. The molecule has 0 aliphatic carbocycles. The summed E-state index contributed by atoms with van der Waals surface area (Å²) in [5.41, 5.74) is 2.05. The fourth-order valence-electron chi connectivity index (χ4n) is 2.76. The van der Waals surface area contributed by atoms with Crippen LogP contribution in [-0.2, 0) is 0 Å². The van der Waals surface area contributed by atoms with Gasteiger partial charge in [-0.15, -0.1) is 0 Å². The lowest BCUT2D eigenvalue weighted by atomic mass is 10.2. The van der Waals surface area contributed by atoms with Crippen molar-refractivity contribution in [2.45, 2.75) is 53.1 Å². The van der Waals surface area contributed by atoms with Crippen LogP contribution >= 0.6 is 0 Å². The molecular formula is C16H27N5. The van der Waals surface area contributed by atoms with E-state index in [0.29, 0.717) is 12.1 Å². The molecule has 0 unspecified atom stereocenters. The molecule has 1 N–H and O–H groups in total. The van der Waals surface area contributed by atoms with Gasteiger partial charge in [-0.05, 0) is 47.1 Å². The molecule has 5 nitrogen and oxygen atoms in total.